The van der Waals surface area contributed by atoms with Crippen LogP contribution in [0.15, 0.2) is 46.9 Å². The van der Waals surface area contributed by atoms with Crippen molar-refractivity contribution in [3.8, 4) is 0 Å². The van der Waals surface area contributed by atoms with Gasteiger partial charge in [-0.05, 0) is 48.1 Å². The summed E-state index contributed by atoms with van der Waals surface area (Å²) in [6.07, 6.45) is 4.28. The molecule has 3 aromatic rings. The van der Waals surface area contributed by atoms with Crippen LogP contribution in [0.3, 0.4) is 0 Å². The number of fused-ring (bicyclic) bond motifs is 2. The zero-order valence-electron chi connectivity index (χ0n) is 11.9. The minimum atomic E-state index is -0.0658. The molecule has 0 amide bonds. The molecular formula is C18H18N2O. The third-order valence-electron chi connectivity index (χ3n) is 4.28. The summed E-state index contributed by atoms with van der Waals surface area (Å²) in [5.41, 5.74) is 12.2. The number of rotatable bonds is 3. The molecule has 1 aliphatic rings. The molecule has 1 atom stereocenters. The summed E-state index contributed by atoms with van der Waals surface area (Å²) in [4.78, 5) is 4.50. The first-order chi connectivity index (χ1) is 10.3. The highest BCUT2D eigenvalue weighted by Gasteiger charge is 2.16. The first-order valence-electron chi connectivity index (χ1n) is 7.51. The fraction of sp³-hybridized carbons (Fsp3) is 0.278. The molecule has 3 heteroatoms. The smallest absolute Gasteiger partial charge is 0.197 e. The van der Waals surface area contributed by atoms with E-state index in [-0.39, 0.29) is 6.04 Å². The van der Waals surface area contributed by atoms with E-state index >= 15 is 0 Å². The first-order valence-corrected chi connectivity index (χ1v) is 7.51. The maximum atomic E-state index is 6.34. The summed E-state index contributed by atoms with van der Waals surface area (Å²) in [5, 5.41) is 0. The second-order valence-electron chi connectivity index (χ2n) is 5.77. The van der Waals surface area contributed by atoms with Gasteiger partial charge in [-0.2, -0.15) is 0 Å². The van der Waals surface area contributed by atoms with E-state index < -0.39 is 0 Å². The Balaban J connectivity index is 1.58. The molecule has 1 aliphatic carbocycles. The molecule has 1 unspecified atom stereocenters. The summed E-state index contributed by atoms with van der Waals surface area (Å²) >= 11 is 0. The number of nitrogens with two attached hydrogens (primary N) is 1. The zero-order chi connectivity index (χ0) is 14.2. The predicted molar refractivity (Wildman–Crippen MR) is 83.1 cm³/mol. The molecule has 3 nitrogen and oxygen atoms in total. The van der Waals surface area contributed by atoms with E-state index in [1.165, 1.54) is 36.0 Å². The normalized spacial score (nSPS) is 15.3. The van der Waals surface area contributed by atoms with Gasteiger partial charge in [0.05, 0.1) is 0 Å². The van der Waals surface area contributed by atoms with Gasteiger partial charge >= 0.3 is 0 Å². The molecule has 21 heavy (non-hydrogen) atoms. The lowest BCUT2D eigenvalue weighted by Crippen LogP contribution is -2.13. The van der Waals surface area contributed by atoms with Gasteiger partial charge in [0.25, 0.3) is 0 Å². The second-order valence-corrected chi connectivity index (χ2v) is 5.77. The van der Waals surface area contributed by atoms with Crippen LogP contribution in [-0.2, 0) is 19.3 Å². The van der Waals surface area contributed by atoms with E-state index in [9.17, 15) is 0 Å². The van der Waals surface area contributed by atoms with Crippen LogP contribution in [0.5, 0.6) is 0 Å². The van der Waals surface area contributed by atoms with Crippen molar-refractivity contribution in [3.63, 3.8) is 0 Å². The Morgan fingerprint density at radius 1 is 1.10 bits per heavy atom. The third kappa shape index (κ3) is 2.34. The molecule has 2 aromatic carbocycles. The largest absolute Gasteiger partial charge is 0.441 e. The monoisotopic (exact) mass is 278 g/mol. The number of hydrogen-bond donors (Lipinski definition) is 1. The van der Waals surface area contributed by atoms with E-state index in [0.717, 1.165) is 11.1 Å². The van der Waals surface area contributed by atoms with E-state index in [1.807, 2.05) is 24.3 Å². The van der Waals surface area contributed by atoms with Crippen LogP contribution in [0.4, 0.5) is 0 Å². The Labute approximate surface area is 123 Å². The second kappa shape index (κ2) is 5.01. The lowest BCUT2D eigenvalue weighted by molar-refractivity contribution is 0.502. The molecule has 1 aromatic heterocycles. The van der Waals surface area contributed by atoms with E-state index in [4.69, 9.17) is 10.2 Å². The quantitative estimate of drug-likeness (QED) is 0.797. The van der Waals surface area contributed by atoms with Gasteiger partial charge in [-0.15, -0.1) is 0 Å². The van der Waals surface area contributed by atoms with Crippen LogP contribution in [-0.4, -0.2) is 4.98 Å². The summed E-state index contributed by atoms with van der Waals surface area (Å²) in [7, 11) is 0. The molecule has 4 rings (SSSR count). The van der Waals surface area contributed by atoms with Crippen LogP contribution >= 0.6 is 0 Å². The van der Waals surface area contributed by atoms with Crippen LogP contribution in [0, 0.1) is 0 Å². The summed E-state index contributed by atoms with van der Waals surface area (Å²) in [6, 6.07) is 14.4. The molecule has 0 saturated heterocycles. The first kappa shape index (κ1) is 12.6. The Bertz CT molecular complexity index is 758. The molecule has 0 aliphatic heterocycles. The van der Waals surface area contributed by atoms with Crippen LogP contribution < -0.4 is 5.73 Å². The minimum absolute atomic E-state index is 0.0658. The third-order valence-corrected chi connectivity index (χ3v) is 4.28. The highest BCUT2D eigenvalue weighted by Crippen LogP contribution is 2.26. The highest BCUT2D eigenvalue weighted by atomic mass is 16.3. The molecule has 106 valence electrons. The average Bonchev–Trinajstić information content (AvgIpc) is 3.11. The standard InChI is InChI=1S/C18H18N2O/c19-15(14-9-8-12-4-3-5-13(12)10-14)11-18-20-16-6-1-2-7-17(16)21-18/h1-2,6-10,15H,3-5,11,19H2. The fourth-order valence-corrected chi connectivity index (χ4v) is 3.14. The van der Waals surface area contributed by atoms with Crippen molar-refractivity contribution in [1.82, 2.24) is 4.98 Å². The molecule has 0 radical (unpaired) electrons. The van der Waals surface area contributed by atoms with Gasteiger partial charge in [-0.25, -0.2) is 4.98 Å². The predicted octanol–water partition coefficient (Wildman–Crippen LogP) is 3.56. The van der Waals surface area contributed by atoms with E-state index in [2.05, 4.69) is 23.2 Å². The number of nitrogens with zero attached hydrogens (tertiary/aromatic N) is 1. The lowest BCUT2D eigenvalue weighted by Gasteiger charge is -2.11. The van der Waals surface area contributed by atoms with Crippen LogP contribution in [0.25, 0.3) is 11.1 Å². The van der Waals surface area contributed by atoms with Crippen LogP contribution in [0.2, 0.25) is 0 Å². The van der Waals surface area contributed by atoms with E-state index in [0.29, 0.717) is 12.3 Å². The van der Waals surface area contributed by atoms with Crippen molar-refractivity contribution in [2.24, 2.45) is 5.73 Å². The average molecular weight is 278 g/mol. The van der Waals surface area contributed by atoms with Gasteiger partial charge in [-0.3, -0.25) is 0 Å². The highest BCUT2D eigenvalue weighted by molar-refractivity contribution is 5.72. The number of para-hydroxylation sites is 2. The Hall–Kier alpha value is -2.13. The van der Waals surface area contributed by atoms with Gasteiger partial charge in [0.15, 0.2) is 11.5 Å². The SMILES string of the molecule is NC(Cc1nc2ccccc2o1)c1ccc2c(c1)CCC2. The van der Waals surface area contributed by atoms with E-state index in [1.54, 1.807) is 0 Å². The molecule has 0 fully saturated rings. The number of aromatic nitrogens is 1. The minimum Gasteiger partial charge on any atom is -0.441 e. The molecule has 0 bridgehead atoms. The van der Waals surface area contributed by atoms with Gasteiger partial charge in [0.2, 0.25) is 0 Å². The Morgan fingerprint density at radius 3 is 2.86 bits per heavy atom. The number of benzene rings is 2. The van der Waals surface area contributed by atoms with Crippen molar-refractivity contribution in [1.29, 1.82) is 0 Å². The van der Waals surface area contributed by atoms with Crippen molar-refractivity contribution in [3.05, 3.63) is 65.0 Å². The molecule has 1 heterocycles. The topological polar surface area (TPSA) is 52.0 Å². The number of aryl methyl sites for hydroxylation is 2. The van der Waals surface area contributed by atoms with Gasteiger partial charge in [0, 0.05) is 12.5 Å². The Morgan fingerprint density at radius 2 is 1.95 bits per heavy atom. The fourth-order valence-electron chi connectivity index (χ4n) is 3.14. The van der Waals surface area contributed by atoms with Crippen LogP contribution in [0.1, 0.15) is 35.0 Å². The van der Waals surface area contributed by atoms with Gasteiger partial charge in [-0.1, -0.05) is 30.3 Å². The van der Waals surface area contributed by atoms with Crippen molar-refractivity contribution in [2.45, 2.75) is 31.7 Å². The number of oxazole rings is 1. The lowest BCUT2D eigenvalue weighted by atomic mass is 10.00. The van der Waals surface area contributed by atoms with Gasteiger partial charge < -0.3 is 10.2 Å². The maximum Gasteiger partial charge on any atom is 0.197 e. The summed E-state index contributed by atoms with van der Waals surface area (Å²) in [6.45, 7) is 0. The van der Waals surface area contributed by atoms with Crippen molar-refractivity contribution in [2.75, 3.05) is 0 Å². The summed E-state index contributed by atoms with van der Waals surface area (Å²) < 4.78 is 5.76. The Kier molecular flexibility index (Phi) is 3.00. The zero-order valence-corrected chi connectivity index (χ0v) is 11.9. The summed E-state index contributed by atoms with van der Waals surface area (Å²) in [5.74, 6) is 0.712. The molecule has 2 N–H and O–H groups in total. The maximum absolute atomic E-state index is 6.34. The molecular weight excluding hydrogens is 260 g/mol. The number of hydrogen-bond acceptors (Lipinski definition) is 3. The van der Waals surface area contributed by atoms with Gasteiger partial charge in [0.1, 0.15) is 5.52 Å². The molecule has 0 spiro atoms. The molecule has 0 saturated carbocycles. The van der Waals surface area contributed by atoms with Crippen molar-refractivity contribution < 1.29 is 4.42 Å². The van der Waals surface area contributed by atoms with Crippen molar-refractivity contribution >= 4 is 11.1 Å².